The van der Waals surface area contributed by atoms with Gasteiger partial charge in [-0.1, -0.05) is 30.3 Å². The van der Waals surface area contributed by atoms with Gasteiger partial charge in [0, 0.05) is 12.0 Å². The number of alkyl carbamates (subject to hydrolysis) is 1. The van der Waals surface area contributed by atoms with Crippen LogP contribution in [0.15, 0.2) is 30.3 Å². The molecule has 0 aliphatic heterocycles. The van der Waals surface area contributed by atoms with E-state index in [2.05, 4.69) is 5.32 Å². The van der Waals surface area contributed by atoms with Crippen LogP contribution in [0.5, 0.6) is 0 Å². The quantitative estimate of drug-likeness (QED) is 0.828. The van der Waals surface area contributed by atoms with E-state index in [1.807, 2.05) is 30.3 Å². The minimum Gasteiger partial charge on any atom is -0.481 e. The molecule has 0 bridgehead atoms. The van der Waals surface area contributed by atoms with Crippen molar-refractivity contribution in [3.05, 3.63) is 35.9 Å². The van der Waals surface area contributed by atoms with Crippen molar-refractivity contribution in [1.82, 2.24) is 5.32 Å². The highest BCUT2D eigenvalue weighted by molar-refractivity contribution is 5.69. The summed E-state index contributed by atoms with van der Waals surface area (Å²) >= 11 is 0. The molecule has 0 radical (unpaired) electrons. The van der Waals surface area contributed by atoms with Gasteiger partial charge < -0.3 is 15.2 Å². The first kappa shape index (κ1) is 15.0. The topological polar surface area (TPSA) is 75.6 Å². The molecular weight excluding hydrogens is 246 g/mol. The maximum Gasteiger partial charge on any atom is 0.407 e. The van der Waals surface area contributed by atoms with Crippen molar-refractivity contribution in [3.8, 4) is 0 Å². The van der Waals surface area contributed by atoms with Crippen molar-refractivity contribution in [2.45, 2.75) is 38.8 Å². The number of hydrogen-bond acceptors (Lipinski definition) is 3. The zero-order valence-electron chi connectivity index (χ0n) is 11.2. The Morgan fingerprint density at radius 2 is 1.89 bits per heavy atom. The second-order valence-electron chi connectivity index (χ2n) is 4.96. The molecule has 0 aromatic heterocycles. The van der Waals surface area contributed by atoms with E-state index >= 15 is 0 Å². The van der Waals surface area contributed by atoms with Crippen LogP contribution in [-0.2, 0) is 16.1 Å². The van der Waals surface area contributed by atoms with Gasteiger partial charge in [0.2, 0.25) is 0 Å². The first-order valence-corrected chi connectivity index (χ1v) is 6.10. The van der Waals surface area contributed by atoms with Crippen LogP contribution in [0.1, 0.15) is 32.3 Å². The first-order valence-electron chi connectivity index (χ1n) is 6.10. The molecule has 5 heteroatoms. The molecule has 0 saturated heterocycles. The molecule has 0 unspecified atom stereocenters. The van der Waals surface area contributed by atoms with E-state index in [9.17, 15) is 9.59 Å². The standard InChI is InChI=1S/C14H19NO4/c1-14(2,9-8-12(16)17)15-13(18)19-10-11-6-4-3-5-7-11/h3-7H,8-10H2,1-2H3,(H,15,18)(H,16,17). The van der Waals surface area contributed by atoms with Gasteiger partial charge in [0.15, 0.2) is 0 Å². The minimum absolute atomic E-state index is 0.00592. The number of aliphatic carboxylic acids is 1. The van der Waals surface area contributed by atoms with E-state index < -0.39 is 17.6 Å². The fraction of sp³-hybridized carbons (Fsp3) is 0.429. The fourth-order valence-electron chi connectivity index (χ4n) is 1.52. The van der Waals surface area contributed by atoms with Crippen molar-refractivity contribution in [3.63, 3.8) is 0 Å². The van der Waals surface area contributed by atoms with Crippen LogP contribution < -0.4 is 5.32 Å². The monoisotopic (exact) mass is 265 g/mol. The van der Waals surface area contributed by atoms with Crippen LogP contribution >= 0.6 is 0 Å². The summed E-state index contributed by atoms with van der Waals surface area (Å²) in [7, 11) is 0. The summed E-state index contributed by atoms with van der Waals surface area (Å²) in [6, 6.07) is 9.35. The third-order valence-electron chi connectivity index (χ3n) is 2.62. The number of carbonyl (C=O) groups is 2. The number of hydrogen-bond donors (Lipinski definition) is 2. The highest BCUT2D eigenvalue weighted by Gasteiger charge is 2.22. The largest absolute Gasteiger partial charge is 0.481 e. The van der Waals surface area contributed by atoms with Crippen LogP contribution in [-0.4, -0.2) is 22.7 Å². The highest BCUT2D eigenvalue weighted by Crippen LogP contribution is 2.11. The second-order valence-corrected chi connectivity index (χ2v) is 4.96. The fourth-order valence-corrected chi connectivity index (χ4v) is 1.52. The van der Waals surface area contributed by atoms with E-state index in [0.29, 0.717) is 6.42 Å². The average molecular weight is 265 g/mol. The summed E-state index contributed by atoms with van der Waals surface area (Å²) < 4.78 is 5.07. The van der Waals surface area contributed by atoms with E-state index in [4.69, 9.17) is 9.84 Å². The van der Waals surface area contributed by atoms with Crippen LogP contribution in [0, 0.1) is 0 Å². The van der Waals surface area contributed by atoms with Crippen LogP contribution in [0.3, 0.4) is 0 Å². The van der Waals surface area contributed by atoms with Gasteiger partial charge in [-0.05, 0) is 25.8 Å². The van der Waals surface area contributed by atoms with Crippen LogP contribution in [0.2, 0.25) is 0 Å². The zero-order chi connectivity index (χ0) is 14.3. The van der Waals surface area contributed by atoms with Gasteiger partial charge in [-0.3, -0.25) is 4.79 Å². The summed E-state index contributed by atoms with van der Waals surface area (Å²) in [4.78, 5) is 22.1. The number of nitrogens with one attached hydrogen (secondary N) is 1. The molecule has 0 spiro atoms. The molecule has 0 aliphatic rings. The number of carbonyl (C=O) groups excluding carboxylic acids is 1. The lowest BCUT2D eigenvalue weighted by Gasteiger charge is -2.25. The Kier molecular flexibility index (Phi) is 5.36. The van der Waals surface area contributed by atoms with Gasteiger partial charge in [-0.15, -0.1) is 0 Å². The van der Waals surface area contributed by atoms with Crippen molar-refractivity contribution >= 4 is 12.1 Å². The third kappa shape index (κ3) is 6.45. The molecule has 104 valence electrons. The van der Waals surface area contributed by atoms with Crippen molar-refractivity contribution in [1.29, 1.82) is 0 Å². The molecule has 19 heavy (non-hydrogen) atoms. The van der Waals surface area contributed by atoms with Crippen LogP contribution in [0.4, 0.5) is 4.79 Å². The molecule has 0 aliphatic carbocycles. The Balaban J connectivity index is 2.36. The number of carboxylic acid groups (broad SMARTS) is 1. The van der Waals surface area contributed by atoms with Gasteiger partial charge in [-0.2, -0.15) is 0 Å². The number of carboxylic acids is 1. The maximum absolute atomic E-state index is 11.6. The van der Waals surface area contributed by atoms with Gasteiger partial charge in [-0.25, -0.2) is 4.79 Å². The normalized spacial score (nSPS) is 10.8. The Bertz CT molecular complexity index is 428. The molecule has 0 saturated carbocycles. The number of ether oxygens (including phenoxy) is 1. The molecule has 1 aromatic carbocycles. The Morgan fingerprint density at radius 3 is 2.47 bits per heavy atom. The van der Waals surface area contributed by atoms with Gasteiger partial charge in [0.1, 0.15) is 6.61 Å². The van der Waals surface area contributed by atoms with Gasteiger partial charge in [0.05, 0.1) is 0 Å². The van der Waals surface area contributed by atoms with Crippen LogP contribution in [0.25, 0.3) is 0 Å². The summed E-state index contributed by atoms with van der Waals surface area (Å²) in [5.41, 5.74) is 0.299. The summed E-state index contributed by atoms with van der Waals surface area (Å²) in [5, 5.41) is 11.3. The lowest BCUT2D eigenvalue weighted by molar-refractivity contribution is -0.137. The maximum atomic E-state index is 11.6. The lowest BCUT2D eigenvalue weighted by atomic mass is 9.99. The van der Waals surface area contributed by atoms with Crippen molar-refractivity contribution < 1.29 is 19.4 Å². The molecule has 2 N–H and O–H groups in total. The van der Waals surface area contributed by atoms with Gasteiger partial charge in [0.25, 0.3) is 0 Å². The molecule has 1 amide bonds. The van der Waals surface area contributed by atoms with Crippen molar-refractivity contribution in [2.24, 2.45) is 0 Å². The first-order chi connectivity index (χ1) is 8.89. The molecule has 0 fully saturated rings. The summed E-state index contributed by atoms with van der Waals surface area (Å²) in [6.45, 7) is 3.72. The van der Waals surface area contributed by atoms with E-state index in [1.165, 1.54) is 0 Å². The van der Waals surface area contributed by atoms with E-state index in [1.54, 1.807) is 13.8 Å². The minimum atomic E-state index is -0.882. The molecular formula is C14H19NO4. The smallest absolute Gasteiger partial charge is 0.407 e. The SMILES string of the molecule is CC(C)(CCC(=O)O)NC(=O)OCc1ccccc1. The lowest BCUT2D eigenvalue weighted by Crippen LogP contribution is -2.43. The van der Waals surface area contributed by atoms with Crippen molar-refractivity contribution in [2.75, 3.05) is 0 Å². The third-order valence-corrected chi connectivity index (χ3v) is 2.62. The molecule has 0 heterocycles. The Hall–Kier alpha value is -2.04. The average Bonchev–Trinajstić information content (AvgIpc) is 2.35. The summed E-state index contributed by atoms with van der Waals surface area (Å²) in [5.74, 6) is -0.882. The Morgan fingerprint density at radius 1 is 1.26 bits per heavy atom. The number of rotatable bonds is 6. The number of benzene rings is 1. The molecule has 1 rings (SSSR count). The molecule has 1 aromatic rings. The second kappa shape index (κ2) is 6.78. The zero-order valence-corrected chi connectivity index (χ0v) is 11.2. The van der Waals surface area contributed by atoms with E-state index in [-0.39, 0.29) is 13.0 Å². The number of amides is 1. The molecule has 5 nitrogen and oxygen atoms in total. The molecule has 0 atom stereocenters. The van der Waals surface area contributed by atoms with E-state index in [0.717, 1.165) is 5.56 Å². The predicted octanol–water partition coefficient (Wildman–Crippen LogP) is 2.56. The van der Waals surface area contributed by atoms with Gasteiger partial charge >= 0.3 is 12.1 Å². The Labute approximate surface area is 112 Å². The predicted molar refractivity (Wildman–Crippen MR) is 70.7 cm³/mol. The highest BCUT2D eigenvalue weighted by atomic mass is 16.5. The summed E-state index contributed by atoms with van der Waals surface area (Å²) in [6.07, 6.45) is -0.186.